The molecule has 0 heterocycles. The molecule has 0 amide bonds. The normalized spacial score (nSPS) is 14.0. The largest absolute Gasteiger partial charge is 0.519 e. The van der Waals surface area contributed by atoms with E-state index in [2.05, 4.69) is 57.3 Å². The van der Waals surface area contributed by atoms with Gasteiger partial charge in [-0.05, 0) is 95.5 Å². The smallest absolute Gasteiger partial charge is 0.496 e. The van der Waals surface area contributed by atoms with Crippen LogP contribution >= 0.6 is 0 Å². The molecule has 6 nitrogen and oxygen atoms in total. The standard InChI is InChI=1S/C43H46O6/c1-7-12-31-28-35(18-24-39(31)46-6)42(4,5)36-19-25-40(32(29-36)13-8-2)49-41(45)48-38-22-16-34(17-23-38)43(26-10-9-11-27-43)33-14-20-37(21-15-33)47-30(3)44/h7-8,14-25,28-29H,1-2,9-13,26-27H2,3-6H3. The summed E-state index contributed by atoms with van der Waals surface area (Å²) in [7, 11) is 1.68. The van der Waals surface area contributed by atoms with Crippen LogP contribution in [0.3, 0.4) is 0 Å². The van der Waals surface area contributed by atoms with E-state index >= 15 is 0 Å². The minimum Gasteiger partial charge on any atom is -0.496 e. The van der Waals surface area contributed by atoms with Gasteiger partial charge in [0, 0.05) is 17.8 Å². The summed E-state index contributed by atoms with van der Waals surface area (Å²) in [6.07, 6.45) is 9.56. The first-order valence-electron chi connectivity index (χ1n) is 16.9. The zero-order valence-corrected chi connectivity index (χ0v) is 29.1. The van der Waals surface area contributed by atoms with Crippen LogP contribution in [0.4, 0.5) is 4.79 Å². The van der Waals surface area contributed by atoms with Crippen LogP contribution in [0.2, 0.25) is 0 Å². The molecular weight excluding hydrogens is 612 g/mol. The summed E-state index contributed by atoms with van der Waals surface area (Å²) < 4.78 is 22.2. The summed E-state index contributed by atoms with van der Waals surface area (Å²) in [5.74, 6) is 1.87. The van der Waals surface area contributed by atoms with Crippen LogP contribution in [0.5, 0.6) is 23.0 Å². The number of ether oxygens (including phenoxy) is 4. The molecule has 254 valence electrons. The molecule has 1 aliphatic rings. The third kappa shape index (κ3) is 7.97. The van der Waals surface area contributed by atoms with Crippen LogP contribution in [0.1, 0.15) is 86.3 Å². The van der Waals surface area contributed by atoms with E-state index < -0.39 is 6.16 Å². The molecule has 0 N–H and O–H groups in total. The summed E-state index contributed by atoms with van der Waals surface area (Å²) in [6.45, 7) is 13.6. The number of carbonyl (C=O) groups excluding carboxylic acids is 2. The van der Waals surface area contributed by atoms with Gasteiger partial charge in [0.1, 0.15) is 23.0 Å². The minimum atomic E-state index is -0.803. The van der Waals surface area contributed by atoms with Gasteiger partial charge in [-0.2, -0.15) is 0 Å². The lowest BCUT2D eigenvalue weighted by Crippen LogP contribution is -2.30. The molecular formula is C43H46O6. The van der Waals surface area contributed by atoms with Gasteiger partial charge >= 0.3 is 12.1 Å². The van der Waals surface area contributed by atoms with Crippen LogP contribution in [0.15, 0.2) is 110 Å². The molecule has 0 unspecified atom stereocenters. The van der Waals surface area contributed by atoms with Gasteiger partial charge in [0.15, 0.2) is 0 Å². The Kier molecular flexibility index (Phi) is 11.1. The van der Waals surface area contributed by atoms with E-state index in [0.717, 1.165) is 59.3 Å². The molecule has 4 aromatic carbocycles. The highest BCUT2D eigenvalue weighted by atomic mass is 16.7. The summed E-state index contributed by atoms with van der Waals surface area (Å²) in [6, 6.07) is 27.7. The lowest BCUT2D eigenvalue weighted by molar-refractivity contribution is -0.131. The van der Waals surface area contributed by atoms with E-state index in [1.165, 1.54) is 18.9 Å². The second-order valence-electron chi connectivity index (χ2n) is 13.2. The fourth-order valence-corrected chi connectivity index (χ4v) is 6.99. The Bertz CT molecular complexity index is 1790. The second-order valence-corrected chi connectivity index (χ2v) is 13.2. The van der Waals surface area contributed by atoms with E-state index in [1.807, 2.05) is 60.7 Å². The van der Waals surface area contributed by atoms with Crippen LogP contribution in [-0.4, -0.2) is 19.2 Å². The summed E-state index contributed by atoms with van der Waals surface area (Å²) in [5.41, 5.74) is 5.97. The Labute approximate surface area is 290 Å². The molecule has 0 aliphatic heterocycles. The molecule has 1 saturated carbocycles. The maximum atomic E-state index is 13.1. The number of rotatable bonds is 12. The van der Waals surface area contributed by atoms with Gasteiger partial charge in [-0.25, -0.2) is 4.79 Å². The van der Waals surface area contributed by atoms with Crippen molar-refractivity contribution >= 4 is 12.1 Å². The second kappa shape index (κ2) is 15.4. The van der Waals surface area contributed by atoms with Gasteiger partial charge in [0.2, 0.25) is 0 Å². The van der Waals surface area contributed by atoms with Crippen molar-refractivity contribution in [1.29, 1.82) is 0 Å². The molecule has 49 heavy (non-hydrogen) atoms. The third-order valence-electron chi connectivity index (χ3n) is 9.69. The summed E-state index contributed by atoms with van der Waals surface area (Å²) in [5, 5.41) is 0. The van der Waals surface area contributed by atoms with Gasteiger partial charge in [0.05, 0.1) is 7.11 Å². The van der Waals surface area contributed by atoms with Crippen molar-refractivity contribution in [1.82, 2.24) is 0 Å². The average molecular weight is 659 g/mol. The molecule has 4 aromatic rings. The highest BCUT2D eigenvalue weighted by molar-refractivity contribution is 5.69. The monoisotopic (exact) mass is 658 g/mol. The van der Waals surface area contributed by atoms with Crippen LogP contribution in [0, 0.1) is 0 Å². The Morgan fingerprint density at radius 1 is 0.694 bits per heavy atom. The lowest BCUT2D eigenvalue weighted by Gasteiger charge is -2.38. The molecule has 5 rings (SSSR count). The molecule has 0 atom stereocenters. The first-order chi connectivity index (χ1) is 23.6. The number of methoxy groups -OCH3 is 1. The molecule has 0 aromatic heterocycles. The first-order valence-corrected chi connectivity index (χ1v) is 16.9. The quantitative estimate of drug-likeness (QED) is 0.0653. The van der Waals surface area contributed by atoms with E-state index in [9.17, 15) is 9.59 Å². The highest BCUT2D eigenvalue weighted by Crippen LogP contribution is 2.45. The maximum absolute atomic E-state index is 13.1. The van der Waals surface area contributed by atoms with Gasteiger partial charge in [-0.15, -0.1) is 13.2 Å². The fourth-order valence-electron chi connectivity index (χ4n) is 6.99. The SMILES string of the molecule is C=CCc1cc(C(C)(C)c2ccc(OC(=O)Oc3ccc(C4(c5ccc(OC(C)=O)cc5)CCCCC4)cc3)c(CC=C)c2)ccc1OC. The Hall–Kier alpha value is -5.10. The number of carbonyl (C=O) groups is 2. The molecule has 1 fully saturated rings. The predicted molar refractivity (Wildman–Crippen MR) is 194 cm³/mol. The number of allylic oxidation sites excluding steroid dienone is 2. The predicted octanol–water partition coefficient (Wildman–Crippen LogP) is 10.2. The van der Waals surface area contributed by atoms with Crippen molar-refractivity contribution < 1.29 is 28.5 Å². The van der Waals surface area contributed by atoms with Crippen LogP contribution in [0.25, 0.3) is 0 Å². The number of hydrogen-bond donors (Lipinski definition) is 0. The van der Waals surface area contributed by atoms with Crippen molar-refractivity contribution in [3.05, 3.63) is 144 Å². The Balaban J connectivity index is 1.32. The van der Waals surface area contributed by atoms with Crippen LogP contribution in [-0.2, 0) is 28.5 Å². The van der Waals surface area contributed by atoms with E-state index in [1.54, 1.807) is 13.2 Å². The zero-order chi connectivity index (χ0) is 35.0. The molecule has 0 saturated heterocycles. The molecule has 0 spiro atoms. The molecule has 0 radical (unpaired) electrons. The third-order valence-corrected chi connectivity index (χ3v) is 9.69. The molecule has 6 heteroatoms. The first kappa shape index (κ1) is 35.2. The van der Waals surface area contributed by atoms with Crippen molar-refractivity contribution in [3.63, 3.8) is 0 Å². The van der Waals surface area contributed by atoms with Gasteiger partial charge in [-0.1, -0.05) is 93.8 Å². The molecule has 0 bridgehead atoms. The topological polar surface area (TPSA) is 71.1 Å². The number of benzene rings is 4. The molecule has 1 aliphatic carbocycles. The van der Waals surface area contributed by atoms with E-state index in [-0.39, 0.29) is 16.8 Å². The fraction of sp³-hybridized carbons (Fsp3) is 0.302. The lowest BCUT2D eigenvalue weighted by atomic mass is 9.65. The van der Waals surface area contributed by atoms with Gasteiger partial charge in [0.25, 0.3) is 0 Å². The highest BCUT2D eigenvalue weighted by Gasteiger charge is 2.36. The van der Waals surface area contributed by atoms with E-state index in [4.69, 9.17) is 18.9 Å². The van der Waals surface area contributed by atoms with Crippen LogP contribution < -0.4 is 18.9 Å². The maximum Gasteiger partial charge on any atom is 0.519 e. The average Bonchev–Trinajstić information content (AvgIpc) is 3.10. The van der Waals surface area contributed by atoms with Crippen molar-refractivity contribution in [2.75, 3.05) is 7.11 Å². The number of esters is 1. The Morgan fingerprint density at radius 3 is 1.67 bits per heavy atom. The van der Waals surface area contributed by atoms with Crippen molar-refractivity contribution in [3.8, 4) is 23.0 Å². The van der Waals surface area contributed by atoms with Crippen molar-refractivity contribution in [2.45, 2.75) is 76.5 Å². The van der Waals surface area contributed by atoms with E-state index in [0.29, 0.717) is 30.1 Å². The minimum absolute atomic E-state index is 0.166. The summed E-state index contributed by atoms with van der Waals surface area (Å²) in [4.78, 5) is 24.5. The van der Waals surface area contributed by atoms with Crippen molar-refractivity contribution in [2.24, 2.45) is 0 Å². The Morgan fingerprint density at radius 2 is 1.18 bits per heavy atom. The summed E-state index contributed by atoms with van der Waals surface area (Å²) >= 11 is 0. The number of hydrogen-bond acceptors (Lipinski definition) is 6. The van der Waals surface area contributed by atoms with Gasteiger partial charge in [-0.3, -0.25) is 4.79 Å². The van der Waals surface area contributed by atoms with Gasteiger partial charge < -0.3 is 18.9 Å². The zero-order valence-electron chi connectivity index (χ0n) is 29.1.